The molecule has 1 aromatic heterocycles. The molecule has 0 fully saturated rings. The molecule has 2 aromatic rings. The van der Waals surface area contributed by atoms with Crippen molar-refractivity contribution in [1.29, 1.82) is 0 Å². The molecule has 1 heterocycles. The lowest BCUT2D eigenvalue weighted by molar-refractivity contribution is -0.144. The van der Waals surface area contributed by atoms with Crippen LogP contribution in [-0.4, -0.2) is 39.6 Å². The fourth-order valence-electron chi connectivity index (χ4n) is 2.01. The van der Waals surface area contributed by atoms with Crippen molar-refractivity contribution in [3.8, 4) is 5.75 Å². The molecule has 1 aromatic carbocycles. The number of hydrogen-bond acceptors (Lipinski definition) is 5. The van der Waals surface area contributed by atoms with Crippen LogP contribution in [0, 0.1) is 0 Å². The SMILES string of the molecule is COc1cnn(CC(C)(NC(=O)OCc2ccccc2)C(=O)O)c1. The van der Waals surface area contributed by atoms with Crippen molar-refractivity contribution in [3.05, 3.63) is 48.3 Å². The molecule has 0 aliphatic heterocycles. The van der Waals surface area contributed by atoms with Crippen LogP contribution in [0.2, 0.25) is 0 Å². The highest BCUT2D eigenvalue weighted by Gasteiger charge is 2.36. The first-order chi connectivity index (χ1) is 11.4. The number of carbonyl (C=O) groups excluding carboxylic acids is 1. The third kappa shape index (κ3) is 4.48. The van der Waals surface area contributed by atoms with E-state index in [1.807, 2.05) is 18.2 Å². The molecule has 0 saturated carbocycles. The Morgan fingerprint density at radius 1 is 1.33 bits per heavy atom. The van der Waals surface area contributed by atoms with E-state index in [9.17, 15) is 14.7 Å². The Morgan fingerprint density at radius 3 is 2.62 bits per heavy atom. The fourth-order valence-corrected chi connectivity index (χ4v) is 2.01. The number of benzene rings is 1. The maximum Gasteiger partial charge on any atom is 0.408 e. The van der Waals surface area contributed by atoms with Crippen LogP contribution in [0.25, 0.3) is 0 Å². The van der Waals surface area contributed by atoms with Crippen molar-refractivity contribution < 1.29 is 24.2 Å². The van der Waals surface area contributed by atoms with Gasteiger partial charge in [0.2, 0.25) is 0 Å². The van der Waals surface area contributed by atoms with Gasteiger partial charge in [-0.25, -0.2) is 9.59 Å². The predicted octanol–water partition coefficient (Wildman–Crippen LogP) is 1.66. The molecule has 2 rings (SSSR count). The van der Waals surface area contributed by atoms with Gasteiger partial charge in [0.05, 0.1) is 26.0 Å². The molecular weight excluding hydrogens is 314 g/mol. The number of aromatic nitrogens is 2. The van der Waals surface area contributed by atoms with E-state index in [1.54, 1.807) is 12.1 Å². The van der Waals surface area contributed by atoms with Gasteiger partial charge in [0.25, 0.3) is 0 Å². The molecule has 8 nitrogen and oxygen atoms in total. The summed E-state index contributed by atoms with van der Waals surface area (Å²) in [5.74, 6) is -0.706. The number of ether oxygens (including phenoxy) is 2. The first-order valence-electron chi connectivity index (χ1n) is 7.21. The van der Waals surface area contributed by atoms with Crippen LogP contribution in [0.15, 0.2) is 42.7 Å². The van der Waals surface area contributed by atoms with Crippen LogP contribution in [0.1, 0.15) is 12.5 Å². The Morgan fingerprint density at radius 2 is 2.04 bits per heavy atom. The van der Waals surface area contributed by atoms with Crippen LogP contribution in [0.3, 0.4) is 0 Å². The number of aliphatic carboxylic acids is 1. The monoisotopic (exact) mass is 333 g/mol. The fraction of sp³-hybridized carbons (Fsp3) is 0.312. The molecule has 0 radical (unpaired) electrons. The van der Waals surface area contributed by atoms with Gasteiger partial charge in [-0.15, -0.1) is 0 Å². The summed E-state index contributed by atoms with van der Waals surface area (Å²) in [6.07, 6.45) is 2.18. The lowest BCUT2D eigenvalue weighted by Crippen LogP contribution is -2.55. The maximum absolute atomic E-state index is 11.9. The van der Waals surface area contributed by atoms with Crippen molar-refractivity contribution in [2.45, 2.75) is 25.6 Å². The second kappa shape index (κ2) is 7.49. The average Bonchev–Trinajstić information content (AvgIpc) is 3.01. The van der Waals surface area contributed by atoms with Gasteiger partial charge in [0, 0.05) is 0 Å². The van der Waals surface area contributed by atoms with Gasteiger partial charge >= 0.3 is 12.1 Å². The third-order valence-corrected chi connectivity index (χ3v) is 3.39. The molecule has 2 N–H and O–H groups in total. The van der Waals surface area contributed by atoms with E-state index in [0.29, 0.717) is 5.75 Å². The normalized spacial score (nSPS) is 12.9. The number of carboxylic acids is 1. The number of carbonyl (C=O) groups is 2. The Bertz CT molecular complexity index is 701. The maximum atomic E-state index is 11.9. The van der Waals surface area contributed by atoms with Crippen molar-refractivity contribution in [2.75, 3.05) is 7.11 Å². The molecule has 24 heavy (non-hydrogen) atoms. The Kier molecular flexibility index (Phi) is 5.41. The van der Waals surface area contributed by atoms with Crippen LogP contribution in [0.5, 0.6) is 5.75 Å². The Labute approximate surface area is 139 Å². The lowest BCUT2D eigenvalue weighted by atomic mass is 10.0. The van der Waals surface area contributed by atoms with Gasteiger partial charge < -0.3 is 19.9 Å². The standard InChI is InChI=1S/C16H19N3O5/c1-16(14(20)21,11-19-9-13(23-2)8-17-19)18-15(22)24-10-12-6-4-3-5-7-12/h3-9H,10-11H2,1-2H3,(H,18,22)(H,20,21). The highest BCUT2D eigenvalue weighted by molar-refractivity contribution is 5.83. The van der Waals surface area contributed by atoms with E-state index in [0.717, 1.165) is 5.56 Å². The van der Waals surface area contributed by atoms with Gasteiger partial charge in [-0.1, -0.05) is 30.3 Å². The molecular formula is C16H19N3O5. The molecule has 1 atom stereocenters. The van der Waals surface area contributed by atoms with Gasteiger partial charge in [0.15, 0.2) is 11.3 Å². The average molecular weight is 333 g/mol. The minimum absolute atomic E-state index is 0.0535. The number of alkyl carbamates (subject to hydrolysis) is 1. The van der Waals surface area contributed by atoms with Crippen LogP contribution in [-0.2, 0) is 22.7 Å². The van der Waals surface area contributed by atoms with Gasteiger partial charge in [0.1, 0.15) is 6.61 Å². The van der Waals surface area contributed by atoms with Crippen LogP contribution < -0.4 is 10.1 Å². The first kappa shape index (κ1) is 17.3. The minimum Gasteiger partial charge on any atom is -0.493 e. The molecule has 1 amide bonds. The zero-order valence-corrected chi connectivity index (χ0v) is 13.4. The molecule has 0 saturated heterocycles. The molecule has 0 bridgehead atoms. The Hall–Kier alpha value is -3.03. The second-order valence-electron chi connectivity index (χ2n) is 5.40. The topological polar surface area (TPSA) is 103 Å². The summed E-state index contributed by atoms with van der Waals surface area (Å²) < 4.78 is 11.4. The summed E-state index contributed by atoms with van der Waals surface area (Å²) >= 11 is 0. The van der Waals surface area contributed by atoms with Gasteiger partial charge in [-0.2, -0.15) is 5.10 Å². The summed E-state index contributed by atoms with van der Waals surface area (Å²) in [4.78, 5) is 23.5. The van der Waals surface area contributed by atoms with Crippen LogP contribution >= 0.6 is 0 Å². The van der Waals surface area contributed by atoms with Crippen molar-refractivity contribution in [1.82, 2.24) is 15.1 Å². The summed E-state index contributed by atoms with van der Waals surface area (Å²) in [7, 11) is 1.48. The van der Waals surface area contributed by atoms with E-state index in [2.05, 4.69) is 10.4 Å². The molecule has 0 aliphatic carbocycles. The van der Waals surface area contributed by atoms with E-state index >= 15 is 0 Å². The second-order valence-corrected chi connectivity index (χ2v) is 5.40. The summed E-state index contributed by atoms with van der Waals surface area (Å²) in [5, 5.41) is 15.8. The molecule has 128 valence electrons. The molecule has 0 spiro atoms. The number of hydrogen-bond donors (Lipinski definition) is 2. The zero-order valence-electron chi connectivity index (χ0n) is 13.4. The quantitative estimate of drug-likeness (QED) is 0.799. The van der Waals surface area contributed by atoms with Crippen molar-refractivity contribution in [2.24, 2.45) is 0 Å². The highest BCUT2D eigenvalue weighted by Crippen LogP contribution is 2.13. The minimum atomic E-state index is -1.58. The largest absolute Gasteiger partial charge is 0.493 e. The Balaban J connectivity index is 1.98. The van der Waals surface area contributed by atoms with Crippen molar-refractivity contribution in [3.63, 3.8) is 0 Å². The van der Waals surface area contributed by atoms with Crippen LogP contribution in [0.4, 0.5) is 4.79 Å². The van der Waals surface area contributed by atoms with E-state index in [-0.39, 0.29) is 13.2 Å². The molecule has 8 heteroatoms. The first-order valence-corrected chi connectivity index (χ1v) is 7.21. The smallest absolute Gasteiger partial charge is 0.408 e. The number of carboxylic acid groups (broad SMARTS) is 1. The summed E-state index contributed by atoms with van der Waals surface area (Å²) in [6.45, 7) is 1.36. The number of rotatable bonds is 7. The lowest BCUT2D eigenvalue weighted by Gasteiger charge is -2.25. The van der Waals surface area contributed by atoms with Gasteiger partial charge in [-0.05, 0) is 12.5 Å². The summed E-state index contributed by atoms with van der Waals surface area (Å²) in [6, 6.07) is 9.11. The highest BCUT2D eigenvalue weighted by atomic mass is 16.5. The number of nitrogens with zero attached hydrogens (tertiary/aromatic N) is 2. The van der Waals surface area contributed by atoms with E-state index in [1.165, 1.54) is 31.1 Å². The predicted molar refractivity (Wildman–Crippen MR) is 84.6 cm³/mol. The summed E-state index contributed by atoms with van der Waals surface area (Å²) in [5.41, 5.74) is -0.772. The zero-order chi connectivity index (χ0) is 17.6. The van der Waals surface area contributed by atoms with Crippen molar-refractivity contribution >= 4 is 12.1 Å². The number of amides is 1. The van der Waals surface area contributed by atoms with E-state index in [4.69, 9.17) is 9.47 Å². The number of methoxy groups -OCH3 is 1. The number of nitrogens with one attached hydrogen (secondary N) is 1. The van der Waals surface area contributed by atoms with Gasteiger partial charge in [-0.3, -0.25) is 4.68 Å². The third-order valence-electron chi connectivity index (χ3n) is 3.39. The van der Waals surface area contributed by atoms with E-state index < -0.39 is 17.6 Å². The molecule has 0 aliphatic rings. The molecule has 1 unspecified atom stereocenters.